The first-order chi connectivity index (χ1) is 9.61. The Morgan fingerprint density at radius 3 is 3.00 bits per heavy atom. The van der Waals surface area contributed by atoms with Crippen LogP contribution in [-0.4, -0.2) is 21.0 Å². The number of nitro groups is 1. The number of nitrogens with zero attached hydrogens (tertiary/aromatic N) is 3. The molecule has 7 heteroatoms. The number of rotatable bonds is 6. The number of imidazole rings is 1. The Balaban J connectivity index is 2.26. The summed E-state index contributed by atoms with van der Waals surface area (Å²) in [6.07, 6.45) is 3.54. The molecule has 0 aliphatic carbocycles. The van der Waals surface area contributed by atoms with Crippen molar-refractivity contribution in [3.8, 4) is 0 Å². The lowest BCUT2D eigenvalue weighted by atomic mass is 10.2. The molecule has 0 amide bonds. The molecule has 0 aliphatic heterocycles. The highest BCUT2D eigenvalue weighted by Gasteiger charge is 2.15. The van der Waals surface area contributed by atoms with Gasteiger partial charge in [0.2, 0.25) is 0 Å². The van der Waals surface area contributed by atoms with Crippen molar-refractivity contribution in [2.45, 2.75) is 20.0 Å². The fourth-order valence-corrected chi connectivity index (χ4v) is 2.26. The monoisotopic (exact) mass is 338 g/mol. The molecule has 0 atom stereocenters. The summed E-state index contributed by atoms with van der Waals surface area (Å²) in [5.41, 5.74) is 0.774. The third-order valence-corrected chi connectivity index (χ3v) is 3.41. The van der Waals surface area contributed by atoms with Crippen LogP contribution in [-0.2, 0) is 13.1 Å². The highest BCUT2D eigenvalue weighted by atomic mass is 79.9. The normalized spacial score (nSPS) is 10.7. The molecular weight excluding hydrogens is 324 g/mol. The quantitative estimate of drug-likeness (QED) is 0.649. The second-order valence-corrected chi connectivity index (χ2v) is 5.20. The van der Waals surface area contributed by atoms with Gasteiger partial charge in [-0.3, -0.25) is 10.1 Å². The maximum atomic E-state index is 11.1. The molecule has 0 spiro atoms. The summed E-state index contributed by atoms with van der Waals surface area (Å²) < 4.78 is 2.62. The van der Waals surface area contributed by atoms with Crippen LogP contribution < -0.4 is 5.32 Å². The van der Waals surface area contributed by atoms with Gasteiger partial charge in [0.05, 0.1) is 18.0 Å². The number of nitro benzene ring substituents is 1. The Morgan fingerprint density at radius 2 is 2.30 bits per heavy atom. The van der Waals surface area contributed by atoms with Crippen molar-refractivity contribution in [3.63, 3.8) is 0 Å². The van der Waals surface area contributed by atoms with Gasteiger partial charge in [-0.1, -0.05) is 22.9 Å². The zero-order chi connectivity index (χ0) is 14.5. The van der Waals surface area contributed by atoms with E-state index in [0.29, 0.717) is 23.1 Å². The van der Waals surface area contributed by atoms with Crippen LogP contribution in [0.2, 0.25) is 0 Å². The van der Waals surface area contributed by atoms with Crippen LogP contribution in [0.15, 0.2) is 35.1 Å². The Bertz CT molecular complexity index is 612. The van der Waals surface area contributed by atoms with Gasteiger partial charge in [0.15, 0.2) is 0 Å². The standard InChI is InChI=1S/C13H15BrN4O2/c1-2-15-8-13-16-5-6-17(13)9-10-3-4-11(14)7-12(10)18(19)20/h3-7,15H,2,8-9H2,1H3. The van der Waals surface area contributed by atoms with Gasteiger partial charge < -0.3 is 9.88 Å². The van der Waals surface area contributed by atoms with Crippen LogP contribution in [0.4, 0.5) is 5.69 Å². The Labute approximate surface area is 125 Å². The second-order valence-electron chi connectivity index (χ2n) is 4.28. The number of aromatic nitrogens is 2. The van der Waals surface area contributed by atoms with Crippen molar-refractivity contribution in [1.29, 1.82) is 0 Å². The van der Waals surface area contributed by atoms with Gasteiger partial charge in [-0.15, -0.1) is 0 Å². The molecule has 0 saturated carbocycles. The predicted octanol–water partition coefficient (Wildman–Crippen LogP) is 2.71. The zero-order valence-electron chi connectivity index (χ0n) is 11.0. The molecule has 2 aromatic rings. The fourth-order valence-electron chi connectivity index (χ4n) is 1.91. The van der Waals surface area contributed by atoms with Crippen molar-refractivity contribution in [2.24, 2.45) is 0 Å². The molecule has 0 saturated heterocycles. The van der Waals surface area contributed by atoms with Crippen LogP contribution in [0.5, 0.6) is 0 Å². The fraction of sp³-hybridized carbons (Fsp3) is 0.308. The van der Waals surface area contributed by atoms with Crippen LogP contribution in [0.3, 0.4) is 0 Å². The van der Waals surface area contributed by atoms with Crippen LogP contribution >= 0.6 is 15.9 Å². The van der Waals surface area contributed by atoms with Gasteiger partial charge >= 0.3 is 0 Å². The van der Waals surface area contributed by atoms with Crippen molar-refractivity contribution in [2.75, 3.05) is 6.54 Å². The lowest BCUT2D eigenvalue weighted by molar-refractivity contribution is -0.385. The third kappa shape index (κ3) is 3.43. The van der Waals surface area contributed by atoms with Gasteiger partial charge in [-0.05, 0) is 18.7 Å². The maximum Gasteiger partial charge on any atom is 0.275 e. The summed E-state index contributed by atoms with van der Waals surface area (Å²) in [5.74, 6) is 0.865. The smallest absolute Gasteiger partial charge is 0.275 e. The number of benzene rings is 1. The summed E-state index contributed by atoms with van der Waals surface area (Å²) in [6, 6.07) is 5.10. The molecule has 1 heterocycles. The van der Waals surface area contributed by atoms with E-state index in [4.69, 9.17) is 0 Å². The minimum Gasteiger partial charge on any atom is -0.329 e. The number of hydrogen-bond donors (Lipinski definition) is 1. The Hall–Kier alpha value is -1.73. The molecule has 0 radical (unpaired) electrons. The van der Waals surface area contributed by atoms with E-state index in [2.05, 4.69) is 26.2 Å². The summed E-state index contributed by atoms with van der Waals surface area (Å²) in [4.78, 5) is 15.0. The van der Waals surface area contributed by atoms with Gasteiger partial charge in [-0.2, -0.15) is 0 Å². The minimum absolute atomic E-state index is 0.113. The highest BCUT2D eigenvalue weighted by Crippen LogP contribution is 2.24. The average molecular weight is 339 g/mol. The summed E-state index contributed by atoms with van der Waals surface area (Å²) in [5, 5.41) is 14.3. The van der Waals surface area contributed by atoms with E-state index >= 15 is 0 Å². The van der Waals surface area contributed by atoms with Crippen molar-refractivity contribution >= 4 is 21.6 Å². The molecule has 1 aromatic carbocycles. The summed E-state index contributed by atoms with van der Waals surface area (Å²) >= 11 is 3.26. The molecule has 0 fully saturated rings. The van der Waals surface area contributed by atoms with E-state index in [1.54, 1.807) is 12.3 Å². The molecular formula is C13H15BrN4O2. The minimum atomic E-state index is -0.360. The van der Waals surface area contributed by atoms with E-state index in [1.807, 2.05) is 23.8 Å². The summed E-state index contributed by atoms with van der Waals surface area (Å²) in [7, 11) is 0. The van der Waals surface area contributed by atoms with Gasteiger partial charge in [0, 0.05) is 28.5 Å². The lowest BCUT2D eigenvalue weighted by Gasteiger charge is -2.09. The molecule has 0 bridgehead atoms. The predicted molar refractivity (Wildman–Crippen MR) is 79.5 cm³/mol. The van der Waals surface area contributed by atoms with E-state index in [1.165, 1.54) is 6.07 Å². The molecule has 0 unspecified atom stereocenters. The van der Waals surface area contributed by atoms with E-state index < -0.39 is 0 Å². The van der Waals surface area contributed by atoms with Gasteiger partial charge in [0.1, 0.15) is 5.82 Å². The molecule has 106 valence electrons. The van der Waals surface area contributed by atoms with E-state index in [-0.39, 0.29) is 10.6 Å². The third-order valence-electron chi connectivity index (χ3n) is 2.92. The van der Waals surface area contributed by atoms with Crippen molar-refractivity contribution in [1.82, 2.24) is 14.9 Å². The molecule has 1 aromatic heterocycles. The Morgan fingerprint density at radius 1 is 1.50 bits per heavy atom. The van der Waals surface area contributed by atoms with Gasteiger partial charge in [-0.25, -0.2) is 4.98 Å². The SMILES string of the molecule is CCNCc1nccn1Cc1ccc(Br)cc1[N+](=O)[O-]. The molecule has 2 rings (SSSR count). The lowest BCUT2D eigenvalue weighted by Crippen LogP contribution is -2.16. The number of halogens is 1. The molecule has 1 N–H and O–H groups in total. The second kappa shape index (κ2) is 6.62. The Kier molecular flexibility index (Phi) is 4.86. The highest BCUT2D eigenvalue weighted by molar-refractivity contribution is 9.10. The maximum absolute atomic E-state index is 11.1. The van der Waals surface area contributed by atoms with Crippen molar-refractivity contribution < 1.29 is 4.92 Å². The van der Waals surface area contributed by atoms with Gasteiger partial charge in [0.25, 0.3) is 5.69 Å². The first kappa shape index (κ1) is 14.7. The van der Waals surface area contributed by atoms with Crippen LogP contribution in [0.25, 0.3) is 0 Å². The molecule has 20 heavy (non-hydrogen) atoms. The topological polar surface area (TPSA) is 73.0 Å². The van der Waals surface area contributed by atoms with E-state index in [9.17, 15) is 10.1 Å². The van der Waals surface area contributed by atoms with Crippen LogP contribution in [0, 0.1) is 10.1 Å². The summed E-state index contributed by atoms with van der Waals surface area (Å²) in [6.45, 7) is 3.95. The first-order valence-electron chi connectivity index (χ1n) is 6.25. The van der Waals surface area contributed by atoms with E-state index in [0.717, 1.165) is 12.4 Å². The number of nitrogens with one attached hydrogen (secondary N) is 1. The zero-order valence-corrected chi connectivity index (χ0v) is 12.6. The number of hydrogen-bond acceptors (Lipinski definition) is 4. The molecule has 6 nitrogen and oxygen atoms in total. The molecule has 0 aliphatic rings. The average Bonchev–Trinajstić information content (AvgIpc) is 2.85. The first-order valence-corrected chi connectivity index (χ1v) is 7.04. The van der Waals surface area contributed by atoms with Crippen LogP contribution in [0.1, 0.15) is 18.3 Å². The van der Waals surface area contributed by atoms with Crippen molar-refractivity contribution in [3.05, 3.63) is 56.6 Å². The largest absolute Gasteiger partial charge is 0.329 e.